The highest BCUT2D eigenvalue weighted by molar-refractivity contribution is 6.37. The van der Waals surface area contributed by atoms with Crippen molar-refractivity contribution in [1.29, 1.82) is 0 Å². The number of nitrogens with one attached hydrogen (secondary N) is 1. The van der Waals surface area contributed by atoms with Gasteiger partial charge in [0, 0.05) is 5.69 Å². The Balaban J connectivity index is 2.48. The van der Waals surface area contributed by atoms with Crippen molar-refractivity contribution in [2.45, 2.75) is 13.8 Å². The predicted octanol–water partition coefficient (Wildman–Crippen LogP) is 1.13. The molecular weight excluding hydrogens is 278 g/mol. The number of hydrogen-bond acceptors (Lipinski definition) is 6. The van der Waals surface area contributed by atoms with E-state index in [9.17, 15) is 14.4 Å². The summed E-state index contributed by atoms with van der Waals surface area (Å²) in [6.07, 6.45) is 0. The first-order chi connectivity index (χ1) is 10.1. The molecule has 0 aliphatic heterocycles. The minimum Gasteiger partial charge on any atom is -0.482 e. The Morgan fingerprint density at radius 3 is 2.19 bits per heavy atom. The molecular formula is C14H17NO6. The van der Waals surface area contributed by atoms with Crippen LogP contribution in [0.1, 0.15) is 13.8 Å². The molecule has 0 saturated heterocycles. The van der Waals surface area contributed by atoms with Crippen LogP contribution in [0.3, 0.4) is 0 Å². The summed E-state index contributed by atoms with van der Waals surface area (Å²) >= 11 is 0. The second-order valence-corrected chi connectivity index (χ2v) is 3.79. The standard InChI is InChI=1S/C14H17NO6/c1-3-19-12(16)9-21-11-7-5-10(6-8-11)15-13(17)14(18)20-4-2/h5-8H,3-4,9H2,1-2H3,(H,15,17). The van der Waals surface area contributed by atoms with Gasteiger partial charge in [-0.3, -0.25) is 4.79 Å². The van der Waals surface area contributed by atoms with Crippen molar-refractivity contribution in [3.8, 4) is 5.75 Å². The van der Waals surface area contributed by atoms with Gasteiger partial charge in [0.25, 0.3) is 0 Å². The molecule has 0 bridgehead atoms. The summed E-state index contributed by atoms with van der Waals surface area (Å²) in [5.41, 5.74) is 0.413. The lowest BCUT2D eigenvalue weighted by molar-refractivity contribution is -0.152. The number of amides is 1. The van der Waals surface area contributed by atoms with Gasteiger partial charge in [-0.1, -0.05) is 0 Å². The Morgan fingerprint density at radius 1 is 1.00 bits per heavy atom. The van der Waals surface area contributed by atoms with Crippen molar-refractivity contribution in [2.24, 2.45) is 0 Å². The predicted molar refractivity (Wildman–Crippen MR) is 73.8 cm³/mol. The molecule has 7 heteroatoms. The maximum atomic E-state index is 11.4. The fourth-order valence-corrected chi connectivity index (χ4v) is 1.36. The largest absolute Gasteiger partial charge is 0.482 e. The molecule has 0 heterocycles. The van der Waals surface area contributed by atoms with Gasteiger partial charge in [-0.15, -0.1) is 0 Å². The zero-order valence-electron chi connectivity index (χ0n) is 11.9. The van der Waals surface area contributed by atoms with Crippen molar-refractivity contribution in [1.82, 2.24) is 0 Å². The molecule has 1 N–H and O–H groups in total. The van der Waals surface area contributed by atoms with Gasteiger partial charge in [-0.05, 0) is 38.1 Å². The molecule has 7 nitrogen and oxygen atoms in total. The molecule has 21 heavy (non-hydrogen) atoms. The lowest BCUT2D eigenvalue weighted by Gasteiger charge is -2.07. The maximum Gasteiger partial charge on any atom is 0.397 e. The van der Waals surface area contributed by atoms with E-state index in [0.717, 1.165) is 0 Å². The smallest absolute Gasteiger partial charge is 0.397 e. The average Bonchev–Trinajstić information content (AvgIpc) is 2.47. The topological polar surface area (TPSA) is 90.9 Å². The van der Waals surface area contributed by atoms with Crippen LogP contribution < -0.4 is 10.1 Å². The fraction of sp³-hybridized carbons (Fsp3) is 0.357. The number of rotatable bonds is 6. The van der Waals surface area contributed by atoms with Gasteiger partial charge in [0.1, 0.15) is 5.75 Å². The van der Waals surface area contributed by atoms with Gasteiger partial charge in [0.05, 0.1) is 13.2 Å². The summed E-state index contributed by atoms with van der Waals surface area (Å²) in [6, 6.07) is 6.19. The second kappa shape index (κ2) is 8.57. The number of anilines is 1. The minimum atomic E-state index is -0.944. The van der Waals surface area contributed by atoms with Crippen molar-refractivity contribution < 1.29 is 28.6 Å². The first-order valence-corrected chi connectivity index (χ1v) is 6.43. The SMILES string of the molecule is CCOC(=O)COc1ccc(NC(=O)C(=O)OCC)cc1. The average molecular weight is 295 g/mol. The molecule has 0 saturated carbocycles. The summed E-state index contributed by atoms with van der Waals surface area (Å²) in [4.78, 5) is 33.6. The van der Waals surface area contributed by atoms with Gasteiger partial charge in [-0.25, -0.2) is 9.59 Å². The Hall–Kier alpha value is -2.57. The highest BCUT2D eigenvalue weighted by Crippen LogP contribution is 2.15. The molecule has 0 unspecified atom stereocenters. The van der Waals surface area contributed by atoms with Crippen LogP contribution in [0.25, 0.3) is 0 Å². The third kappa shape index (κ3) is 5.94. The van der Waals surface area contributed by atoms with Crippen molar-refractivity contribution in [3.63, 3.8) is 0 Å². The van der Waals surface area contributed by atoms with Crippen molar-refractivity contribution >= 4 is 23.5 Å². The van der Waals surface area contributed by atoms with Gasteiger partial charge >= 0.3 is 17.8 Å². The zero-order chi connectivity index (χ0) is 15.7. The number of esters is 2. The molecule has 0 aromatic heterocycles. The molecule has 114 valence electrons. The van der Waals surface area contributed by atoms with E-state index in [-0.39, 0.29) is 13.2 Å². The Bertz CT molecular complexity index is 497. The first-order valence-electron chi connectivity index (χ1n) is 6.43. The molecule has 0 radical (unpaired) electrons. The third-order valence-corrected chi connectivity index (χ3v) is 2.24. The van der Waals surface area contributed by atoms with E-state index >= 15 is 0 Å². The van der Waals surface area contributed by atoms with Crippen molar-refractivity contribution in [2.75, 3.05) is 25.1 Å². The normalized spacial score (nSPS) is 9.62. The maximum absolute atomic E-state index is 11.4. The molecule has 1 aromatic carbocycles. The van der Waals surface area contributed by atoms with Crippen LogP contribution in [-0.4, -0.2) is 37.7 Å². The lowest BCUT2D eigenvalue weighted by atomic mass is 10.3. The van der Waals surface area contributed by atoms with Crippen LogP contribution in [0.4, 0.5) is 5.69 Å². The van der Waals surface area contributed by atoms with Crippen LogP contribution in [-0.2, 0) is 23.9 Å². The van der Waals surface area contributed by atoms with E-state index in [1.54, 1.807) is 26.0 Å². The summed E-state index contributed by atoms with van der Waals surface area (Å²) in [5, 5.41) is 2.38. The fourth-order valence-electron chi connectivity index (χ4n) is 1.36. The monoisotopic (exact) mass is 295 g/mol. The van der Waals surface area contributed by atoms with Crippen LogP contribution in [0.15, 0.2) is 24.3 Å². The first kappa shape index (κ1) is 16.5. The number of hydrogen-bond donors (Lipinski definition) is 1. The van der Waals surface area contributed by atoms with Crippen LogP contribution >= 0.6 is 0 Å². The second-order valence-electron chi connectivity index (χ2n) is 3.79. The quantitative estimate of drug-likeness (QED) is 0.625. The number of carbonyl (C=O) groups is 3. The van der Waals surface area contributed by atoms with Gasteiger partial charge in [0.15, 0.2) is 6.61 Å². The Labute approximate surface area is 122 Å². The van der Waals surface area contributed by atoms with Crippen molar-refractivity contribution in [3.05, 3.63) is 24.3 Å². The van der Waals surface area contributed by atoms with Gasteiger partial charge in [-0.2, -0.15) is 0 Å². The van der Waals surface area contributed by atoms with Crippen LogP contribution in [0.2, 0.25) is 0 Å². The summed E-state index contributed by atoms with van der Waals surface area (Å²) in [5.74, 6) is -1.81. The van der Waals surface area contributed by atoms with E-state index < -0.39 is 17.8 Å². The molecule has 0 atom stereocenters. The van der Waals surface area contributed by atoms with Crippen LogP contribution in [0.5, 0.6) is 5.75 Å². The van der Waals surface area contributed by atoms with E-state index in [1.165, 1.54) is 12.1 Å². The molecule has 1 amide bonds. The van der Waals surface area contributed by atoms with Crippen LogP contribution in [0, 0.1) is 0 Å². The van der Waals surface area contributed by atoms with E-state index in [4.69, 9.17) is 9.47 Å². The summed E-state index contributed by atoms with van der Waals surface area (Å²) in [6.45, 7) is 3.55. The highest BCUT2D eigenvalue weighted by Gasteiger charge is 2.14. The van der Waals surface area contributed by atoms with E-state index in [2.05, 4.69) is 10.1 Å². The molecule has 0 aliphatic rings. The highest BCUT2D eigenvalue weighted by atomic mass is 16.6. The molecule has 1 aromatic rings. The molecule has 0 spiro atoms. The molecule has 1 rings (SSSR count). The zero-order valence-corrected chi connectivity index (χ0v) is 11.9. The van der Waals surface area contributed by atoms with Gasteiger partial charge < -0.3 is 19.5 Å². The molecule has 0 aliphatic carbocycles. The third-order valence-electron chi connectivity index (χ3n) is 2.24. The number of benzene rings is 1. The lowest BCUT2D eigenvalue weighted by Crippen LogP contribution is -2.24. The summed E-state index contributed by atoms with van der Waals surface area (Å²) in [7, 11) is 0. The van der Waals surface area contributed by atoms with E-state index in [1.807, 2.05) is 0 Å². The number of carbonyl (C=O) groups excluding carboxylic acids is 3. The van der Waals surface area contributed by atoms with Gasteiger partial charge in [0.2, 0.25) is 0 Å². The van der Waals surface area contributed by atoms with E-state index in [0.29, 0.717) is 18.0 Å². The minimum absolute atomic E-state index is 0.132. The summed E-state index contributed by atoms with van der Waals surface area (Å²) < 4.78 is 14.5. The molecule has 0 fully saturated rings. The Morgan fingerprint density at radius 2 is 1.62 bits per heavy atom. The Kier molecular flexibility index (Phi) is 6.73. The number of ether oxygens (including phenoxy) is 3.